The van der Waals surface area contributed by atoms with Crippen LogP contribution in [0.5, 0.6) is 11.5 Å². The average Bonchev–Trinajstić information content (AvgIpc) is 3.01. The van der Waals surface area contributed by atoms with E-state index in [9.17, 15) is 9.50 Å². The third-order valence-corrected chi connectivity index (χ3v) is 4.61. The zero-order valence-electron chi connectivity index (χ0n) is 15.2. The second kappa shape index (κ2) is 7.05. The highest BCUT2D eigenvalue weighted by molar-refractivity contribution is 6.30. The molecule has 0 aliphatic heterocycles. The van der Waals surface area contributed by atoms with Crippen LogP contribution in [0.1, 0.15) is 5.56 Å². The van der Waals surface area contributed by atoms with Gasteiger partial charge in [0.2, 0.25) is 0 Å². The van der Waals surface area contributed by atoms with Gasteiger partial charge in [-0.3, -0.25) is 4.40 Å². The van der Waals surface area contributed by atoms with Gasteiger partial charge in [-0.15, -0.1) is 0 Å². The number of nitrogens with one attached hydrogen (secondary N) is 1. The number of anilines is 2. The lowest BCUT2D eigenvalue weighted by molar-refractivity contribution is 0.357. The molecule has 0 amide bonds. The number of ether oxygens (including phenoxy) is 1. The molecule has 0 spiro atoms. The van der Waals surface area contributed by atoms with E-state index in [0.29, 0.717) is 27.7 Å². The number of rotatable bonds is 4. The summed E-state index contributed by atoms with van der Waals surface area (Å²) in [5, 5.41) is 13.7. The summed E-state index contributed by atoms with van der Waals surface area (Å²) < 4.78 is 21.2. The second-order valence-electron chi connectivity index (χ2n) is 6.39. The van der Waals surface area contributed by atoms with Crippen LogP contribution in [0.25, 0.3) is 16.9 Å². The van der Waals surface area contributed by atoms with Gasteiger partial charge >= 0.3 is 0 Å². The Morgan fingerprint density at radius 2 is 2.00 bits per heavy atom. The van der Waals surface area contributed by atoms with Crippen molar-refractivity contribution in [2.75, 3.05) is 12.4 Å². The lowest BCUT2D eigenvalue weighted by Crippen LogP contribution is -1.98. The van der Waals surface area contributed by atoms with Gasteiger partial charge in [0.25, 0.3) is 0 Å². The van der Waals surface area contributed by atoms with Crippen molar-refractivity contribution in [2.24, 2.45) is 0 Å². The Labute approximate surface area is 166 Å². The number of aromatic nitrogens is 2. The maximum absolute atomic E-state index is 14.2. The number of aryl methyl sites for hydroxylation is 1. The van der Waals surface area contributed by atoms with Crippen molar-refractivity contribution < 1.29 is 14.2 Å². The summed E-state index contributed by atoms with van der Waals surface area (Å²) in [5.41, 5.74) is 3.49. The molecule has 0 bridgehead atoms. The quantitative estimate of drug-likeness (QED) is 0.473. The number of fused-ring (bicyclic) bond motifs is 1. The predicted molar refractivity (Wildman–Crippen MR) is 108 cm³/mol. The van der Waals surface area contributed by atoms with E-state index in [1.165, 1.54) is 13.2 Å². The molecular weight excluding hydrogens is 381 g/mol. The van der Waals surface area contributed by atoms with Crippen LogP contribution < -0.4 is 10.1 Å². The van der Waals surface area contributed by atoms with Crippen LogP contribution in [0.15, 0.2) is 54.7 Å². The van der Waals surface area contributed by atoms with Crippen LogP contribution in [0, 0.1) is 12.7 Å². The minimum absolute atomic E-state index is 0.0388. The Hall–Kier alpha value is -3.25. The molecule has 0 atom stereocenters. The molecule has 0 aliphatic rings. The molecule has 7 heteroatoms. The SMILES string of the molecule is COc1cc(-c2nc3ccc(C)cn3c2Nc2cccc(Cl)c2)cc(F)c1O. The van der Waals surface area contributed by atoms with Crippen LogP contribution in [0.4, 0.5) is 15.9 Å². The van der Waals surface area contributed by atoms with Gasteiger partial charge in [0.1, 0.15) is 17.2 Å². The number of aromatic hydroxyl groups is 1. The highest BCUT2D eigenvalue weighted by Gasteiger charge is 2.19. The minimum Gasteiger partial charge on any atom is -0.502 e. The summed E-state index contributed by atoms with van der Waals surface area (Å²) in [6, 6.07) is 13.9. The Kier molecular flexibility index (Phi) is 4.57. The van der Waals surface area contributed by atoms with E-state index in [4.69, 9.17) is 16.3 Å². The normalized spacial score (nSPS) is 11.0. The largest absolute Gasteiger partial charge is 0.502 e. The molecule has 0 saturated heterocycles. The number of benzene rings is 2. The van der Waals surface area contributed by atoms with Gasteiger partial charge in [0.05, 0.1) is 7.11 Å². The Morgan fingerprint density at radius 3 is 2.75 bits per heavy atom. The number of imidazole rings is 1. The van der Waals surface area contributed by atoms with Crippen LogP contribution >= 0.6 is 11.6 Å². The van der Waals surface area contributed by atoms with Crippen LogP contribution in [0.2, 0.25) is 5.02 Å². The summed E-state index contributed by atoms with van der Waals surface area (Å²) in [6.07, 6.45) is 1.94. The number of pyridine rings is 1. The molecule has 4 rings (SSSR count). The van der Waals surface area contributed by atoms with Crippen LogP contribution in [-0.4, -0.2) is 21.6 Å². The van der Waals surface area contributed by atoms with Crippen molar-refractivity contribution in [1.82, 2.24) is 9.38 Å². The molecule has 0 fully saturated rings. The zero-order valence-corrected chi connectivity index (χ0v) is 16.0. The highest BCUT2D eigenvalue weighted by Crippen LogP contribution is 2.38. The Bertz CT molecular complexity index is 1190. The van der Waals surface area contributed by atoms with Gasteiger partial charge in [-0.05, 0) is 48.9 Å². The standard InChI is InChI=1S/C21H17ClFN3O2/c1-12-6-7-18-25-19(13-8-16(23)20(27)17(9-13)28-2)21(26(18)11-12)24-15-5-3-4-14(22)10-15/h3-11,24,27H,1-2H3. The first kappa shape index (κ1) is 18.1. The fraction of sp³-hybridized carbons (Fsp3) is 0.0952. The fourth-order valence-corrected chi connectivity index (χ4v) is 3.23. The average molecular weight is 398 g/mol. The molecule has 2 N–H and O–H groups in total. The van der Waals surface area contributed by atoms with E-state index in [1.807, 2.05) is 41.8 Å². The summed E-state index contributed by atoms with van der Waals surface area (Å²) in [5.74, 6) is -0.628. The van der Waals surface area contributed by atoms with Crippen LogP contribution in [-0.2, 0) is 0 Å². The van der Waals surface area contributed by atoms with E-state index >= 15 is 0 Å². The summed E-state index contributed by atoms with van der Waals surface area (Å²) in [6.45, 7) is 1.98. The number of nitrogens with zero attached hydrogens (tertiary/aromatic N) is 2. The maximum Gasteiger partial charge on any atom is 0.194 e. The van der Waals surface area contributed by atoms with Crippen molar-refractivity contribution >= 4 is 28.8 Å². The van der Waals surface area contributed by atoms with Crippen LogP contribution in [0.3, 0.4) is 0 Å². The van der Waals surface area contributed by atoms with Crippen molar-refractivity contribution in [3.05, 3.63) is 71.1 Å². The first-order valence-electron chi connectivity index (χ1n) is 8.54. The van der Waals surface area contributed by atoms with Crippen molar-refractivity contribution in [3.8, 4) is 22.8 Å². The third-order valence-electron chi connectivity index (χ3n) is 4.38. The maximum atomic E-state index is 14.2. The van der Waals surface area contributed by atoms with Crippen molar-refractivity contribution in [2.45, 2.75) is 6.92 Å². The molecule has 0 aliphatic carbocycles. The molecule has 0 radical (unpaired) electrons. The van der Waals surface area contributed by atoms with Gasteiger partial charge in [-0.25, -0.2) is 9.37 Å². The zero-order chi connectivity index (χ0) is 19.8. The molecule has 5 nitrogen and oxygen atoms in total. The van der Waals surface area contributed by atoms with Gasteiger partial charge in [0.15, 0.2) is 17.3 Å². The lowest BCUT2D eigenvalue weighted by Gasteiger charge is -2.11. The van der Waals surface area contributed by atoms with E-state index < -0.39 is 11.6 Å². The Morgan fingerprint density at radius 1 is 1.18 bits per heavy atom. The highest BCUT2D eigenvalue weighted by atomic mass is 35.5. The van der Waals surface area contributed by atoms with E-state index in [0.717, 1.165) is 11.3 Å². The number of halogens is 2. The first-order valence-corrected chi connectivity index (χ1v) is 8.92. The van der Waals surface area contributed by atoms with Crippen molar-refractivity contribution in [1.29, 1.82) is 0 Å². The van der Waals surface area contributed by atoms with Crippen molar-refractivity contribution in [3.63, 3.8) is 0 Å². The summed E-state index contributed by atoms with van der Waals surface area (Å²) in [4.78, 5) is 4.65. The monoisotopic (exact) mass is 397 g/mol. The number of phenols is 1. The molecule has 2 aromatic heterocycles. The molecule has 0 unspecified atom stereocenters. The molecule has 2 aromatic carbocycles. The minimum atomic E-state index is -0.781. The molecule has 142 valence electrons. The molecule has 28 heavy (non-hydrogen) atoms. The third kappa shape index (κ3) is 3.23. The first-order chi connectivity index (χ1) is 13.5. The second-order valence-corrected chi connectivity index (χ2v) is 6.82. The molecule has 4 aromatic rings. The molecule has 0 saturated carbocycles. The smallest absolute Gasteiger partial charge is 0.194 e. The lowest BCUT2D eigenvalue weighted by atomic mass is 10.1. The van der Waals surface area contributed by atoms with Gasteiger partial charge < -0.3 is 15.2 Å². The van der Waals surface area contributed by atoms with Gasteiger partial charge in [0, 0.05) is 22.5 Å². The summed E-state index contributed by atoms with van der Waals surface area (Å²) >= 11 is 6.11. The molecule has 2 heterocycles. The van der Waals surface area contributed by atoms with E-state index in [1.54, 1.807) is 18.2 Å². The van der Waals surface area contributed by atoms with E-state index in [2.05, 4.69) is 10.3 Å². The number of methoxy groups -OCH3 is 1. The predicted octanol–water partition coefficient (Wildman–Crippen LogP) is 5.56. The topological polar surface area (TPSA) is 58.8 Å². The Balaban J connectivity index is 1.94. The fourth-order valence-electron chi connectivity index (χ4n) is 3.04. The number of hydrogen-bond acceptors (Lipinski definition) is 4. The summed E-state index contributed by atoms with van der Waals surface area (Å²) in [7, 11) is 1.37. The van der Waals surface area contributed by atoms with Gasteiger partial charge in [-0.2, -0.15) is 0 Å². The van der Waals surface area contributed by atoms with Gasteiger partial charge in [-0.1, -0.05) is 23.7 Å². The molecular formula is C21H17ClFN3O2. The number of hydrogen-bond donors (Lipinski definition) is 2. The van der Waals surface area contributed by atoms with E-state index in [-0.39, 0.29) is 5.75 Å². The number of phenolic OH excluding ortho intramolecular Hbond substituents is 1.